The maximum absolute atomic E-state index is 6.26. The fourth-order valence-electron chi connectivity index (χ4n) is 4.61. The number of hydrogen-bond acceptors (Lipinski definition) is 2. The van der Waals surface area contributed by atoms with Gasteiger partial charge in [-0.2, -0.15) is 0 Å². The third kappa shape index (κ3) is 2.75. The Hall–Kier alpha value is -0.0800. The normalized spacial score (nSPS) is 38.3. The van der Waals surface area contributed by atoms with Crippen molar-refractivity contribution in [1.82, 2.24) is 4.90 Å². The van der Waals surface area contributed by atoms with Gasteiger partial charge in [0.15, 0.2) is 0 Å². The minimum Gasteiger partial charge on any atom is -0.329 e. The topological polar surface area (TPSA) is 29.3 Å². The summed E-state index contributed by atoms with van der Waals surface area (Å²) in [6.07, 6.45) is 9.62. The summed E-state index contributed by atoms with van der Waals surface area (Å²) in [5.74, 6) is 0.747. The second kappa shape index (κ2) is 5.50. The molecule has 2 rings (SSSR count). The summed E-state index contributed by atoms with van der Waals surface area (Å²) in [5.41, 5.74) is 7.03. The van der Waals surface area contributed by atoms with E-state index in [9.17, 15) is 0 Å². The Bertz CT molecular complexity index is 266. The molecule has 2 heteroatoms. The zero-order chi connectivity index (χ0) is 13.2. The van der Waals surface area contributed by atoms with E-state index in [0.717, 1.165) is 12.5 Å². The van der Waals surface area contributed by atoms with Crippen molar-refractivity contribution < 1.29 is 0 Å². The van der Waals surface area contributed by atoms with Gasteiger partial charge in [-0.1, -0.05) is 40.0 Å². The van der Waals surface area contributed by atoms with Crippen molar-refractivity contribution in [3.8, 4) is 0 Å². The number of nitrogens with zero attached hydrogens (tertiary/aromatic N) is 1. The van der Waals surface area contributed by atoms with Crippen molar-refractivity contribution in [2.24, 2.45) is 17.1 Å². The van der Waals surface area contributed by atoms with Gasteiger partial charge in [0.1, 0.15) is 0 Å². The van der Waals surface area contributed by atoms with E-state index in [1.54, 1.807) is 0 Å². The fraction of sp³-hybridized carbons (Fsp3) is 1.00. The first-order valence-corrected chi connectivity index (χ1v) is 7.95. The molecule has 106 valence electrons. The minimum atomic E-state index is 0.292. The number of hydrogen-bond donors (Lipinski definition) is 1. The van der Waals surface area contributed by atoms with Crippen LogP contribution in [-0.4, -0.2) is 30.1 Å². The van der Waals surface area contributed by atoms with Crippen molar-refractivity contribution in [2.45, 2.75) is 71.3 Å². The Labute approximate surface area is 113 Å². The van der Waals surface area contributed by atoms with Crippen LogP contribution in [0.4, 0.5) is 0 Å². The van der Waals surface area contributed by atoms with Crippen LogP contribution in [-0.2, 0) is 0 Å². The molecule has 2 atom stereocenters. The summed E-state index contributed by atoms with van der Waals surface area (Å²) in [6, 6.07) is 0. The molecule has 2 unspecified atom stereocenters. The highest BCUT2D eigenvalue weighted by Crippen LogP contribution is 2.50. The van der Waals surface area contributed by atoms with E-state index in [-0.39, 0.29) is 0 Å². The highest BCUT2D eigenvalue weighted by atomic mass is 15.2. The Morgan fingerprint density at radius 1 is 1.06 bits per heavy atom. The number of likely N-dealkylation sites (tertiary alicyclic amines) is 1. The molecule has 0 bridgehead atoms. The zero-order valence-electron chi connectivity index (χ0n) is 12.7. The highest BCUT2D eigenvalue weighted by molar-refractivity contribution is 5.06. The molecule has 2 aliphatic rings. The van der Waals surface area contributed by atoms with Gasteiger partial charge >= 0.3 is 0 Å². The minimum absolute atomic E-state index is 0.292. The molecule has 1 saturated heterocycles. The lowest BCUT2D eigenvalue weighted by Gasteiger charge is -2.45. The van der Waals surface area contributed by atoms with Crippen LogP contribution < -0.4 is 5.73 Å². The first kappa shape index (κ1) is 14.3. The number of nitrogens with two attached hydrogens (primary N) is 1. The van der Waals surface area contributed by atoms with Crippen molar-refractivity contribution in [2.75, 3.05) is 19.6 Å². The summed E-state index contributed by atoms with van der Waals surface area (Å²) in [4.78, 5) is 2.77. The fourth-order valence-corrected chi connectivity index (χ4v) is 4.61. The average molecular weight is 252 g/mol. The molecular formula is C16H32N2. The lowest BCUT2D eigenvalue weighted by molar-refractivity contribution is 0.0511. The summed E-state index contributed by atoms with van der Waals surface area (Å²) >= 11 is 0. The van der Waals surface area contributed by atoms with Gasteiger partial charge in [-0.3, -0.25) is 4.90 Å². The van der Waals surface area contributed by atoms with Crippen LogP contribution in [0.2, 0.25) is 0 Å². The summed E-state index contributed by atoms with van der Waals surface area (Å²) in [5, 5.41) is 0. The van der Waals surface area contributed by atoms with Gasteiger partial charge < -0.3 is 5.73 Å². The van der Waals surface area contributed by atoms with Crippen LogP contribution in [0.5, 0.6) is 0 Å². The van der Waals surface area contributed by atoms with Crippen molar-refractivity contribution >= 4 is 0 Å². The molecule has 1 saturated carbocycles. The molecule has 1 aliphatic carbocycles. The SMILES string of the molecule is CC1CC(C)(C)CC1(CN)N1CCCCCCC1. The molecule has 2 N–H and O–H groups in total. The predicted octanol–water partition coefficient (Wildman–Crippen LogP) is 3.41. The van der Waals surface area contributed by atoms with Crippen LogP contribution in [0, 0.1) is 11.3 Å². The van der Waals surface area contributed by atoms with E-state index in [1.807, 2.05) is 0 Å². The van der Waals surface area contributed by atoms with Gasteiger partial charge in [-0.25, -0.2) is 0 Å². The van der Waals surface area contributed by atoms with E-state index < -0.39 is 0 Å². The molecule has 18 heavy (non-hydrogen) atoms. The molecule has 1 aliphatic heterocycles. The van der Waals surface area contributed by atoms with Crippen molar-refractivity contribution in [1.29, 1.82) is 0 Å². The Kier molecular flexibility index (Phi) is 4.38. The highest BCUT2D eigenvalue weighted by Gasteiger charge is 2.50. The maximum atomic E-state index is 6.26. The first-order valence-electron chi connectivity index (χ1n) is 7.95. The number of rotatable bonds is 2. The zero-order valence-corrected chi connectivity index (χ0v) is 12.7. The molecule has 1 heterocycles. The van der Waals surface area contributed by atoms with Crippen LogP contribution in [0.15, 0.2) is 0 Å². The molecule has 0 aromatic heterocycles. The van der Waals surface area contributed by atoms with Gasteiger partial charge in [0.05, 0.1) is 0 Å². The predicted molar refractivity (Wildman–Crippen MR) is 78.6 cm³/mol. The summed E-state index contributed by atoms with van der Waals surface area (Å²) in [7, 11) is 0. The van der Waals surface area contributed by atoms with Crippen molar-refractivity contribution in [3.05, 3.63) is 0 Å². The van der Waals surface area contributed by atoms with Gasteiger partial charge in [0.25, 0.3) is 0 Å². The Balaban J connectivity index is 2.15. The molecule has 2 nitrogen and oxygen atoms in total. The summed E-state index contributed by atoms with van der Waals surface area (Å²) in [6.45, 7) is 10.7. The molecule has 0 spiro atoms. The Morgan fingerprint density at radius 2 is 1.61 bits per heavy atom. The van der Waals surface area contributed by atoms with Gasteiger partial charge in [-0.05, 0) is 50.1 Å². The smallest absolute Gasteiger partial charge is 0.0362 e. The van der Waals surface area contributed by atoms with Crippen LogP contribution >= 0.6 is 0 Å². The largest absolute Gasteiger partial charge is 0.329 e. The molecule has 0 amide bonds. The van der Waals surface area contributed by atoms with Crippen LogP contribution in [0.3, 0.4) is 0 Å². The lowest BCUT2D eigenvalue weighted by Crippen LogP contribution is -2.56. The third-order valence-corrected chi connectivity index (χ3v) is 5.40. The second-order valence-electron chi connectivity index (χ2n) is 7.51. The maximum Gasteiger partial charge on any atom is 0.0362 e. The van der Waals surface area contributed by atoms with E-state index in [1.165, 1.54) is 58.0 Å². The average Bonchev–Trinajstić information content (AvgIpc) is 2.48. The molecule has 0 aromatic carbocycles. The molecule has 0 radical (unpaired) electrons. The van der Waals surface area contributed by atoms with E-state index in [0.29, 0.717) is 11.0 Å². The van der Waals surface area contributed by atoms with Crippen molar-refractivity contribution in [3.63, 3.8) is 0 Å². The van der Waals surface area contributed by atoms with E-state index in [2.05, 4.69) is 25.7 Å². The monoisotopic (exact) mass is 252 g/mol. The third-order valence-electron chi connectivity index (χ3n) is 5.40. The summed E-state index contributed by atoms with van der Waals surface area (Å²) < 4.78 is 0. The van der Waals surface area contributed by atoms with Crippen LogP contribution in [0.25, 0.3) is 0 Å². The standard InChI is InChI=1S/C16H32N2/c1-14-11-15(2,3)12-16(14,13-17)18-9-7-5-4-6-8-10-18/h14H,4-13,17H2,1-3H3. The molecule has 2 fully saturated rings. The van der Waals surface area contributed by atoms with Gasteiger partial charge in [0, 0.05) is 12.1 Å². The quantitative estimate of drug-likeness (QED) is 0.816. The van der Waals surface area contributed by atoms with Gasteiger partial charge in [0.2, 0.25) is 0 Å². The Morgan fingerprint density at radius 3 is 2.06 bits per heavy atom. The first-order chi connectivity index (χ1) is 8.50. The molecule has 0 aromatic rings. The van der Waals surface area contributed by atoms with Crippen LogP contribution in [0.1, 0.15) is 65.7 Å². The molecular weight excluding hydrogens is 220 g/mol. The van der Waals surface area contributed by atoms with Gasteiger partial charge in [-0.15, -0.1) is 0 Å². The lowest BCUT2D eigenvalue weighted by atomic mass is 9.83. The second-order valence-corrected chi connectivity index (χ2v) is 7.51. The van der Waals surface area contributed by atoms with E-state index >= 15 is 0 Å². The van der Waals surface area contributed by atoms with E-state index in [4.69, 9.17) is 5.73 Å².